The summed E-state index contributed by atoms with van der Waals surface area (Å²) in [5.74, 6) is 1.45. The number of carbonyl (C=O) groups excluding carboxylic acids is 1. The number of anilines is 1. The molecule has 4 rings (SSSR count). The maximum atomic E-state index is 13.0. The topological polar surface area (TPSA) is 32.8 Å². The molecule has 2 aromatic carbocycles. The Morgan fingerprint density at radius 1 is 0.862 bits per heavy atom. The van der Waals surface area contributed by atoms with E-state index in [-0.39, 0.29) is 5.91 Å². The number of carbonyl (C=O) groups is 1. The van der Waals surface area contributed by atoms with Gasteiger partial charge in [0.15, 0.2) is 0 Å². The number of amides is 1. The van der Waals surface area contributed by atoms with Gasteiger partial charge < -0.3 is 14.5 Å². The highest BCUT2D eigenvalue weighted by molar-refractivity contribution is 5.94. The van der Waals surface area contributed by atoms with Crippen LogP contribution in [-0.2, 0) is 0 Å². The van der Waals surface area contributed by atoms with Gasteiger partial charge in [0.05, 0.1) is 6.61 Å². The molecular weight excluding hydrogens is 360 g/mol. The smallest absolute Gasteiger partial charge is 0.253 e. The fourth-order valence-corrected chi connectivity index (χ4v) is 4.44. The fraction of sp³-hybridized carbons (Fsp3) is 0.480. The number of likely N-dealkylation sites (tertiary alicyclic amines) is 1. The molecule has 2 aromatic rings. The van der Waals surface area contributed by atoms with E-state index in [0.29, 0.717) is 12.5 Å². The van der Waals surface area contributed by atoms with Crippen LogP contribution in [0.15, 0.2) is 54.6 Å². The number of ether oxygens (including phenoxy) is 1. The summed E-state index contributed by atoms with van der Waals surface area (Å²) < 4.78 is 5.93. The number of para-hydroxylation sites is 1. The van der Waals surface area contributed by atoms with E-state index in [4.69, 9.17) is 4.74 Å². The van der Waals surface area contributed by atoms with E-state index in [0.717, 1.165) is 50.3 Å². The molecule has 4 nitrogen and oxygen atoms in total. The van der Waals surface area contributed by atoms with Crippen LogP contribution in [0, 0.1) is 5.92 Å². The summed E-state index contributed by atoms with van der Waals surface area (Å²) in [7, 11) is 0. The van der Waals surface area contributed by atoms with Gasteiger partial charge in [-0.15, -0.1) is 0 Å². The molecule has 1 unspecified atom stereocenters. The number of benzene rings is 2. The Hall–Kier alpha value is -2.49. The van der Waals surface area contributed by atoms with E-state index in [1.54, 1.807) is 0 Å². The molecule has 4 heteroatoms. The lowest BCUT2D eigenvalue weighted by molar-refractivity contribution is 0.0633. The first-order valence-electron chi connectivity index (χ1n) is 11.1. The zero-order valence-corrected chi connectivity index (χ0v) is 17.3. The quantitative estimate of drug-likeness (QED) is 0.718. The minimum Gasteiger partial charge on any atom is -0.493 e. The average Bonchev–Trinajstić information content (AvgIpc) is 3.08. The molecule has 2 fully saturated rings. The average molecular weight is 393 g/mol. The van der Waals surface area contributed by atoms with E-state index < -0.39 is 0 Å². The predicted molar refractivity (Wildman–Crippen MR) is 118 cm³/mol. The molecule has 154 valence electrons. The van der Waals surface area contributed by atoms with Crippen LogP contribution >= 0.6 is 0 Å². The van der Waals surface area contributed by atoms with Crippen molar-refractivity contribution < 1.29 is 9.53 Å². The van der Waals surface area contributed by atoms with Gasteiger partial charge in [-0.25, -0.2) is 0 Å². The van der Waals surface area contributed by atoms with Gasteiger partial charge in [-0.2, -0.15) is 0 Å². The van der Waals surface area contributed by atoms with Gasteiger partial charge in [-0.05, 0) is 62.1 Å². The van der Waals surface area contributed by atoms with Crippen molar-refractivity contribution in [1.82, 2.24) is 4.90 Å². The lowest BCUT2D eigenvalue weighted by Crippen LogP contribution is -2.41. The van der Waals surface area contributed by atoms with Crippen LogP contribution in [0.5, 0.6) is 5.75 Å². The standard InChI is InChI=1S/C25H32N2O2/c28-25(22-12-14-23(15-13-22)26-16-6-1-2-7-17-26)27-18-8-9-21(19-27)20-29-24-10-4-3-5-11-24/h3-5,10-15,21H,1-2,6-9,16-20H2. The zero-order chi connectivity index (χ0) is 19.9. The van der Waals surface area contributed by atoms with E-state index in [1.165, 1.54) is 31.4 Å². The van der Waals surface area contributed by atoms with Crippen LogP contribution in [0.1, 0.15) is 48.9 Å². The molecule has 2 aliphatic rings. The Balaban J connectivity index is 1.33. The number of hydrogen-bond donors (Lipinski definition) is 0. The summed E-state index contributed by atoms with van der Waals surface area (Å²) in [6.45, 7) is 4.54. The number of rotatable bonds is 5. The van der Waals surface area contributed by atoms with Gasteiger partial charge in [-0.3, -0.25) is 4.79 Å². The molecule has 0 spiro atoms. The van der Waals surface area contributed by atoms with E-state index in [1.807, 2.05) is 47.4 Å². The van der Waals surface area contributed by atoms with Gasteiger partial charge in [0.2, 0.25) is 0 Å². The van der Waals surface area contributed by atoms with Crippen LogP contribution in [0.3, 0.4) is 0 Å². The minimum atomic E-state index is 0.150. The molecule has 2 saturated heterocycles. The lowest BCUT2D eigenvalue weighted by atomic mass is 9.98. The maximum absolute atomic E-state index is 13.0. The van der Waals surface area contributed by atoms with Crippen LogP contribution in [0.4, 0.5) is 5.69 Å². The van der Waals surface area contributed by atoms with E-state index >= 15 is 0 Å². The Morgan fingerprint density at radius 3 is 2.31 bits per heavy atom. The Morgan fingerprint density at radius 2 is 1.59 bits per heavy atom. The molecule has 1 amide bonds. The number of nitrogens with zero attached hydrogens (tertiary/aromatic N) is 2. The first kappa shape index (κ1) is 19.8. The third-order valence-corrected chi connectivity index (χ3v) is 6.12. The Kier molecular flexibility index (Phi) is 6.71. The summed E-state index contributed by atoms with van der Waals surface area (Å²) in [6.07, 6.45) is 7.35. The summed E-state index contributed by atoms with van der Waals surface area (Å²) in [5, 5.41) is 0. The van der Waals surface area contributed by atoms with Crippen molar-refractivity contribution in [1.29, 1.82) is 0 Å². The van der Waals surface area contributed by atoms with Crippen molar-refractivity contribution in [2.24, 2.45) is 5.92 Å². The molecule has 1 atom stereocenters. The van der Waals surface area contributed by atoms with Gasteiger partial charge in [0, 0.05) is 43.3 Å². The first-order valence-corrected chi connectivity index (χ1v) is 11.1. The van der Waals surface area contributed by atoms with Crippen molar-refractivity contribution in [3.8, 4) is 5.75 Å². The molecule has 2 aliphatic heterocycles. The number of piperidine rings is 1. The monoisotopic (exact) mass is 392 g/mol. The molecule has 0 bridgehead atoms. The highest BCUT2D eigenvalue weighted by Crippen LogP contribution is 2.23. The summed E-state index contributed by atoms with van der Waals surface area (Å²) in [5.41, 5.74) is 2.05. The minimum absolute atomic E-state index is 0.150. The molecule has 0 saturated carbocycles. The van der Waals surface area contributed by atoms with Gasteiger partial charge in [0.25, 0.3) is 5.91 Å². The molecule has 2 heterocycles. The third-order valence-electron chi connectivity index (χ3n) is 6.12. The molecular formula is C25H32N2O2. The van der Waals surface area contributed by atoms with Gasteiger partial charge >= 0.3 is 0 Å². The Labute approximate surface area is 174 Å². The van der Waals surface area contributed by atoms with Crippen LogP contribution in [0.25, 0.3) is 0 Å². The summed E-state index contributed by atoms with van der Waals surface area (Å²) in [4.78, 5) is 17.5. The number of hydrogen-bond acceptors (Lipinski definition) is 3. The van der Waals surface area contributed by atoms with Crippen molar-refractivity contribution in [2.45, 2.75) is 38.5 Å². The normalized spacial score (nSPS) is 20.2. The second-order valence-electron chi connectivity index (χ2n) is 8.33. The maximum Gasteiger partial charge on any atom is 0.253 e. The Bertz CT molecular complexity index is 767. The van der Waals surface area contributed by atoms with Gasteiger partial charge in [-0.1, -0.05) is 31.0 Å². The van der Waals surface area contributed by atoms with Crippen LogP contribution < -0.4 is 9.64 Å². The molecule has 0 radical (unpaired) electrons. The van der Waals surface area contributed by atoms with Crippen molar-refractivity contribution in [2.75, 3.05) is 37.7 Å². The van der Waals surface area contributed by atoms with E-state index in [2.05, 4.69) is 17.0 Å². The van der Waals surface area contributed by atoms with Crippen molar-refractivity contribution in [3.05, 3.63) is 60.2 Å². The molecule has 0 aliphatic carbocycles. The zero-order valence-electron chi connectivity index (χ0n) is 17.3. The van der Waals surface area contributed by atoms with E-state index in [9.17, 15) is 4.79 Å². The SMILES string of the molecule is O=C(c1ccc(N2CCCCCC2)cc1)N1CCCC(COc2ccccc2)C1. The summed E-state index contributed by atoms with van der Waals surface area (Å²) in [6, 6.07) is 18.2. The molecule has 0 N–H and O–H groups in total. The second-order valence-corrected chi connectivity index (χ2v) is 8.33. The van der Waals surface area contributed by atoms with Crippen LogP contribution in [-0.4, -0.2) is 43.6 Å². The van der Waals surface area contributed by atoms with Gasteiger partial charge in [0.1, 0.15) is 5.75 Å². The molecule has 29 heavy (non-hydrogen) atoms. The highest BCUT2D eigenvalue weighted by atomic mass is 16.5. The van der Waals surface area contributed by atoms with Crippen molar-refractivity contribution in [3.63, 3.8) is 0 Å². The fourth-order valence-electron chi connectivity index (χ4n) is 4.44. The second kappa shape index (κ2) is 9.82. The van der Waals surface area contributed by atoms with Crippen molar-refractivity contribution >= 4 is 11.6 Å². The lowest BCUT2D eigenvalue weighted by Gasteiger charge is -2.33. The largest absolute Gasteiger partial charge is 0.493 e. The summed E-state index contributed by atoms with van der Waals surface area (Å²) >= 11 is 0. The molecule has 0 aromatic heterocycles. The predicted octanol–water partition coefficient (Wildman–Crippen LogP) is 5.00. The highest BCUT2D eigenvalue weighted by Gasteiger charge is 2.25. The van der Waals surface area contributed by atoms with Crippen LogP contribution in [0.2, 0.25) is 0 Å². The first-order chi connectivity index (χ1) is 14.3. The third kappa shape index (κ3) is 5.31.